The van der Waals surface area contributed by atoms with E-state index in [1.807, 2.05) is 0 Å². The molecule has 17 heavy (non-hydrogen) atoms. The van der Waals surface area contributed by atoms with E-state index in [9.17, 15) is 13.2 Å². The Morgan fingerprint density at radius 1 is 1.47 bits per heavy atom. The maximum absolute atomic E-state index is 11.6. The maximum atomic E-state index is 11.6. The fourth-order valence-electron chi connectivity index (χ4n) is 1.87. The molecule has 0 spiro atoms. The van der Waals surface area contributed by atoms with Crippen LogP contribution in [0.2, 0.25) is 0 Å². The van der Waals surface area contributed by atoms with Crippen LogP contribution in [-0.2, 0) is 21.2 Å². The highest BCUT2D eigenvalue weighted by Gasteiger charge is 2.25. The largest absolute Gasteiger partial charge is 0.311 e. The van der Waals surface area contributed by atoms with Crippen molar-refractivity contribution < 1.29 is 13.2 Å². The minimum absolute atomic E-state index is 0.00511. The second-order valence-electron chi connectivity index (χ2n) is 3.76. The van der Waals surface area contributed by atoms with Crippen LogP contribution in [0.5, 0.6) is 0 Å². The van der Waals surface area contributed by atoms with E-state index in [1.165, 1.54) is 17.0 Å². The summed E-state index contributed by atoms with van der Waals surface area (Å²) in [7, 11) is -3.75. The van der Waals surface area contributed by atoms with Gasteiger partial charge in [-0.2, -0.15) is 0 Å². The Bertz CT molecular complexity index is 571. The minimum atomic E-state index is -3.75. The fraction of sp³-hybridized carbons (Fsp3) is 0.300. The average Bonchev–Trinajstić information content (AvgIpc) is 2.69. The monoisotopic (exact) mass is 274 g/mol. The average molecular weight is 275 g/mol. The number of alkyl halides is 1. The number of fused-ring (bicyclic) bond motifs is 1. The molecule has 0 bridgehead atoms. The van der Waals surface area contributed by atoms with Crippen LogP contribution in [0.3, 0.4) is 0 Å². The first-order valence-corrected chi connectivity index (χ1v) is 7.03. The van der Waals surface area contributed by atoms with Crippen molar-refractivity contribution in [2.45, 2.75) is 11.3 Å². The number of carbonyl (C=O) groups excluding carboxylic acids is 1. The zero-order valence-electron chi connectivity index (χ0n) is 8.89. The van der Waals surface area contributed by atoms with Crippen molar-refractivity contribution in [2.24, 2.45) is 5.14 Å². The summed E-state index contributed by atoms with van der Waals surface area (Å²) < 4.78 is 22.5. The Morgan fingerprint density at radius 2 is 2.18 bits per heavy atom. The van der Waals surface area contributed by atoms with Crippen LogP contribution in [0.25, 0.3) is 0 Å². The SMILES string of the molecule is NS(=O)(=O)c1ccc2c(c1)N(C(=O)CCl)CC2. The van der Waals surface area contributed by atoms with Gasteiger partial charge in [0.05, 0.1) is 4.90 Å². The number of carbonyl (C=O) groups is 1. The smallest absolute Gasteiger partial charge is 0.241 e. The molecule has 7 heteroatoms. The van der Waals surface area contributed by atoms with Gasteiger partial charge in [-0.15, -0.1) is 11.6 Å². The van der Waals surface area contributed by atoms with Crippen LogP contribution in [0.4, 0.5) is 5.69 Å². The molecule has 1 heterocycles. The van der Waals surface area contributed by atoms with Gasteiger partial charge in [-0.25, -0.2) is 13.6 Å². The molecule has 1 aliphatic heterocycles. The first kappa shape index (κ1) is 12.3. The molecule has 1 aromatic carbocycles. The van der Waals surface area contributed by atoms with Crippen LogP contribution >= 0.6 is 11.6 Å². The number of hydrogen-bond acceptors (Lipinski definition) is 3. The van der Waals surface area contributed by atoms with Crippen molar-refractivity contribution in [3.8, 4) is 0 Å². The zero-order chi connectivity index (χ0) is 12.6. The second kappa shape index (κ2) is 4.29. The highest BCUT2D eigenvalue weighted by Crippen LogP contribution is 2.30. The van der Waals surface area contributed by atoms with Gasteiger partial charge < -0.3 is 4.90 Å². The Labute approximate surface area is 104 Å². The number of hydrogen-bond donors (Lipinski definition) is 1. The predicted octanol–water partition coefficient (Wildman–Crippen LogP) is 0.462. The van der Waals surface area contributed by atoms with Crippen molar-refractivity contribution in [1.29, 1.82) is 0 Å². The van der Waals surface area contributed by atoms with Crippen LogP contribution in [0.1, 0.15) is 5.56 Å². The lowest BCUT2D eigenvalue weighted by molar-refractivity contribution is -0.116. The topological polar surface area (TPSA) is 80.5 Å². The van der Waals surface area contributed by atoms with Crippen LogP contribution in [0.15, 0.2) is 23.1 Å². The van der Waals surface area contributed by atoms with E-state index in [1.54, 1.807) is 6.07 Å². The van der Waals surface area contributed by atoms with Crippen LogP contribution < -0.4 is 10.0 Å². The number of halogens is 1. The normalized spacial score (nSPS) is 14.8. The summed E-state index contributed by atoms with van der Waals surface area (Å²) in [5.41, 5.74) is 1.51. The number of anilines is 1. The van der Waals surface area contributed by atoms with Gasteiger partial charge in [0.15, 0.2) is 0 Å². The molecule has 1 aromatic rings. The quantitative estimate of drug-likeness (QED) is 0.796. The van der Waals surface area contributed by atoms with Crippen molar-refractivity contribution in [1.82, 2.24) is 0 Å². The van der Waals surface area contributed by atoms with Gasteiger partial charge in [0.2, 0.25) is 15.9 Å². The lowest BCUT2D eigenvalue weighted by Gasteiger charge is -2.16. The van der Waals surface area contributed by atoms with E-state index in [0.29, 0.717) is 18.7 Å². The molecule has 0 fully saturated rings. The number of primary sulfonamides is 1. The van der Waals surface area contributed by atoms with E-state index >= 15 is 0 Å². The van der Waals surface area contributed by atoms with Crippen molar-refractivity contribution in [3.05, 3.63) is 23.8 Å². The molecule has 0 atom stereocenters. The summed E-state index contributed by atoms with van der Waals surface area (Å²) in [5, 5.41) is 5.05. The molecule has 2 N–H and O–H groups in total. The molecule has 1 amide bonds. The lowest BCUT2D eigenvalue weighted by atomic mass is 10.2. The highest BCUT2D eigenvalue weighted by molar-refractivity contribution is 7.89. The van der Waals surface area contributed by atoms with Gasteiger partial charge in [-0.1, -0.05) is 6.07 Å². The Kier molecular flexibility index (Phi) is 3.11. The van der Waals surface area contributed by atoms with E-state index in [0.717, 1.165) is 5.56 Å². The summed E-state index contributed by atoms with van der Waals surface area (Å²) in [6.07, 6.45) is 0.697. The Hall–Kier alpha value is -1.11. The van der Waals surface area contributed by atoms with Gasteiger partial charge in [-0.3, -0.25) is 4.79 Å². The summed E-state index contributed by atoms with van der Waals surface area (Å²) in [5.74, 6) is -0.365. The third-order valence-electron chi connectivity index (χ3n) is 2.70. The molecule has 0 aliphatic carbocycles. The second-order valence-corrected chi connectivity index (χ2v) is 5.59. The summed E-state index contributed by atoms with van der Waals surface area (Å²) >= 11 is 5.49. The van der Waals surface area contributed by atoms with Gasteiger partial charge in [0.25, 0.3) is 0 Å². The molecule has 5 nitrogen and oxygen atoms in total. The number of amides is 1. The maximum Gasteiger partial charge on any atom is 0.241 e. The van der Waals surface area contributed by atoms with Gasteiger partial charge in [0.1, 0.15) is 5.88 Å². The first-order chi connectivity index (χ1) is 7.93. The van der Waals surface area contributed by atoms with E-state index in [2.05, 4.69) is 0 Å². The zero-order valence-corrected chi connectivity index (χ0v) is 10.5. The molecule has 92 valence electrons. The van der Waals surface area contributed by atoms with Crippen molar-refractivity contribution in [2.75, 3.05) is 17.3 Å². The summed E-state index contributed by atoms with van der Waals surface area (Å²) in [4.78, 5) is 13.0. The minimum Gasteiger partial charge on any atom is -0.311 e. The van der Waals surface area contributed by atoms with Crippen molar-refractivity contribution >= 4 is 33.2 Å². The molecule has 0 unspecified atom stereocenters. The molecular formula is C10H11ClN2O3S. The number of sulfonamides is 1. The molecule has 1 aliphatic rings. The van der Waals surface area contributed by atoms with Crippen LogP contribution in [0, 0.1) is 0 Å². The van der Waals surface area contributed by atoms with Crippen molar-refractivity contribution in [3.63, 3.8) is 0 Å². The molecule has 0 radical (unpaired) electrons. The molecule has 0 saturated carbocycles. The van der Waals surface area contributed by atoms with Gasteiger partial charge in [-0.05, 0) is 24.1 Å². The molecule has 0 aromatic heterocycles. The Balaban J connectivity index is 2.48. The molecule has 0 saturated heterocycles. The van der Waals surface area contributed by atoms with Gasteiger partial charge in [0, 0.05) is 12.2 Å². The Morgan fingerprint density at radius 3 is 2.76 bits per heavy atom. The summed E-state index contributed by atoms with van der Waals surface area (Å²) in [6, 6.07) is 4.54. The third-order valence-corrected chi connectivity index (χ3v) is 3.84. The number of benzene rings is 1. The lowest BCUT2D eigenvalue weighted by Crippen LogP contribution is -2.30. The van der Waals surface area contributed by atoms with E-state index in [4.69, 9.17) is 16.7 Å². The van der Waals surface area contributed by atoms with E-state index < -0.39 is 10.0 Å². The summed E-state index contributed by atoms with van der Waals surface area (Å²) in [6.45, 7) is 0.523. The molecule has 2 rings (SSSR count). The molecular weight excluding hydrogens is 264 g/mol. The van der Waals surface area contributed by atoms with Gasteiger partial charge >= 0.3 is 0 Å². The third kappa shape index (κ3) is 2.29. The standard InChI is InChI=1S/C10H11ClN2O3S/c11-6-10(14)13-4-3-7-1-2-8(5-9(7)13)17(12,15)16/h1-2,5H,3-4,6H2,(H2,12,15,16). The number of nitrogens with zero attached hydrogens (tertiary/aromatic N) is 1. The highest BCUT2D eigenvalue weighted by atomic mass is 35.5. The van der Waals surface area contributed by atoms with E-state index in [-0.39, 0.29) is 16.7 Å². The number of nitrogens with two attached hydrogens (primary N) is 1. The fourth-order valence-corrected chi connectivity index (χ4v) is 2.55. The number of rotatable bonds is 2. The predicted molar refractivity (Wildman–Crippen MR) is 64.6 cm³/mol. The van der Waals surface area contributed by atoms with Crippen LogP contribution in [-0.4, -0.2) is 26.7 Å². The first-order valence-electron chi connectivity index (χ1n) is 4.95.